The minimum absolute atomic E-state index is 0. The maximum absolute atomic E-state index is 6.35. The van der Waals surface area contributed by atoms with Crippen molar-refractivity contribution in [3.8, 4) is 0 Å². The Bertz CT molecular complexity index is 604. The number of para-hydroxylation sites is 1. The lowest BCUT2D eigenvalue weighted by Gasteiger charge is -2.38. The highest BCUT2D eigenvalue weighted by Crippen LogP contribution is 2.26. The SMILES string of the molecule is CCNC(=NCCCN1CCOCC1)N1CCN(c2ccccc2Cl)CC1.I. The number of nitrogens with one attached hydrogen (secondary N) is 1. The molecular weight excluding hydrogens is 489 g/mol. The standard InChI is InChI=1S/C20H32ClN5O.HI/c1-2-22-20(23-8-5-9-24-14-16-27-17-15-24)26-12-10-25(11-13-26)19-7-4-3-6-18(19)21;/h3-4,6-7H,2,5,8-17H2,1H3,(H,22,23);1H. The Morgan fingerprint density at radius 1 is 1.11 bits per heavy atom. The molecule has 6 nitrogen and oxygen atoms in total. The van der Waals surface area contributed by atoms with Crippen LogP contribution in [0.25, 0.3) is 0 Å². The summed E-state index contributed by atoms with van der Waals surface area (Å²) in [4.78, 5) is 12.1. The van der Waals surface area contributed by atoms with Crippen LogP contribution in [-0.2, 0) is 4.74 Å². The number of ether oxygens (including phenoxy) is 1. The van der Waals surface area contributed by atoms with Gasteiger partial charge >= 0.3 is 0 Å². The van der Waals surface area contributed by atoms with Crippen LogP contribution >= 0.6 is 35.6 Å². The highest BCUT2D eigenvalue weighted by atomic mass is 127. The number of anilines is 1. The molecule has 0 unspecified atom stereocenters. The van der Waals surface area contributed by atoms with Crippen LogP contribution in [0.5, 0.6) is 0 Å². The second-order valence-corrected chi connectivity index (χ2v) is 7.38. The summed E-state index contributed by atoms with van der Waals surface area (Å²) in [5.41, 5.74) is 1.13. The monoisotopic (exact) mass is 521 g/mol. The summed E-state index contributed by atoms with van der Waals surface area (Å²) < 4.78 is 5.41. The highest BCUT2D eigenvalue weighted by Gasteiger charge is 2.21. The maximum Gasteiger partial charge on any atom is 0.194 e. The van der Waals surface area contributed by atoms with Crippen molar-refractivity contribution in [3.05, 3.63) is 29.3 Å². The van der Waals surface area contributed by atoms with E-state index < -0.39 is 0 Å². The first-order valence-corrected chi connectivity index (χ1v) is 10.5. The molecule has 0 bridgehead atoms. The topological polar surface area (TPSA) is 43.3 Å². The molecule has 28 heavy (non-hydrogen) atoms. The van der Waals surface area contributed by atoms with Crippen molar-refractivity contribution in [2.45, 2.75) is 13.3 Å². The Balaban J connectivity index is 0.00000280. The fraction of sp³-hybridized carbons (Fsp3) is 0.650. The average molecular weight is 522 g/mol. The summed E-state index contributed by atoms with van der Waals surface area (Å²) in [5, 5.41) is 4.28. The zero-order valence-electron chi connectivity index (χ0n) is 16.8. The fourth-order valence-corrected chi connectivity index (χ4v) is 3.85. The Kier molecular flexibility index (Phi) is 10.7. The Morgan fingerprint density at radius 3 is 2.50 bits per heavy atom. The van der Waals surface area contributed by atoms with Gasteiger partial charge in [0.05, 0.1) is 23.9 Å². The lowest BCUT2D eigenvalue weighted by molar-refractivity contribution is 0.0377. The number of benzene rings is 1. The molecule has 0 atom stereocenters. The number of rotatable bonds is 6. The van der Waals surface area contributed by atoms with Crippen LogP contribution in [0.2, 0.25) is 5.02 Å². The number of hydrogen-bond acceptors (Lipinski definition) is 4. The molecule has 0 spiro atoms. The molecule has 2 heterocycles. The normalized spacial score (nSPS) is 18.7. The van der Waals surface area contributed by atoms with Crippen molar-refractivity contribution in [1.29, 1.82) is 0 Å². The molecule has 0 saturated carbocycles. The van der Waals surface area contributed by atoms with Crippen LogP contribution in [0.15, 0.2) is 29.3 Å². The third-order valence-electron chi connectivity index (χ3n) is 5.10. The molecule has 0 aromatic heterocycles. The van der Waals surface area contributed by atoms with E-state index in [0.717, 1.165) is 95.2 Å². The molecule has 158 valence electrons. The average Bonchev–Trinajstić information content (AvgIpc) is 2.72. The first-order valence-electron chi connectivity index (χ1n) is 10.1. The van der Waals surface area contributed by atoms with Gasteiger partial charge in [0.1, 0.15) is 0 Å². The zero-order chi connectivity index (χ0) is 18.9. The number of nitrogens with zero attached hydrogens (tertiary/aromatic N) is 4. The predicted octanol–water partition coefficient (Wildman–Crippen LogP) is 2.77. The maximum atomic E-state index is 6.35. The van der Waals surface area contributed by atoms with E-state index in [1.807, 2.05) is 18.2 Å². The largest absolute Gasteiger partial charge is 0.379 e. The molecule has 3 rings (SSSR count). The molecule has 0 amide bonds. The van der Waals surface area contributed by atoms with Crippen molar-refractivity contribution in [3.63, 3.8) is 0 Å². The van der Waals surface area contributed by atoms with E-state index in [1.165, 1.54) is 0 Å². The first-order chi connectivity index (χ1) is 13.3. The van der Waals surface area contributed by atoms with Gasteiger partial charge in [-0.1, -0.05) is 23.7 Å². The van der Waals surface area contributed by atoms with Crippen molar-refractivity contribution in [1.82, 2.24) is 15.1 Å². The van der Waals surface area contributed by atoms with E-state index in [-0.39, 0.29) is 24.0 Å². The summed E-state index contributed by atoms with van der Waals surface area (Å²) in [6.45, 7) is 12.7. The number of morpholine rings is 1. The lowest BCUT2D eigenvalue weighted by atomic mass is 10.2. The lowest BCUT2D eigenvalue weighted by Crippen LogP contribution is -2.52. The number of hydrogen-bond donors (Lipinski definition) is 1. The van der Waals surface area contributed by atoms with Gasteiger partial charge in [0.25, 0.3) is 0 Å². The minimum atomic E-state index is 0. The van der Waals surface area contributed by atoms with E-state index in [1.54, 1.807) is 0 Å². The van der Waals surface area contributed by atoms with E-state index in [4.69, 9.17) is 21.3 Å². The van der Waals surface area contributed by atoms with Gasteiger partial charge in [-0.25, -0.2) is 0 Å². The molecule has 0 aliphatic carbocycles. The van der Waals surface area contributed by atoms with Gasteiger partial charge in [0.15, 0.2) is 5.96 Å². The van der Waals surface area contributed by atoms with E-state index in [9.17, 15) is 0 Å². The van der Waals surface area contributed by atoms with Gasteiger partial charge in [-0.05, 0) is 25.5 Å². The van der Waals surface area contributed by atoms with Crippen molar-refractivity contribution in [2.75, 3.05) is 77.0 Å². The Hall–Kier alpha value is -0.770. The highest BCUT2D eigenvalue weighted by molar-refractivity contribution is 14.0. The minimum Gasteiger partial charge on any atom is -0.379 e. The van der Waals surface area contributed by atoms with E-state index >= 15 is 0 Å². The van der Waals surface area contributed by atoms with Crippen LogP contribution < -0.4 is 10.2 Å². The van der Waals surface area contributed by atoms with Crippen LogP contribution in [0.3, 0.4) is 0 Å². The number of halogens is 2. The zero-order valence-corrected chi connectivity index (χ0v) is 19.9. The Morgan fingerprint density at radius 2 is 1.82 bits per heavy atom. The van der Waals surface area contributed by atoms with Crippen LogP contribution in [0, 0.1) is 0 Å². The number of aliphatic imine (C=N–C) groups is 1. The van der Waals surface area contributed by atoms with Gasteiger partial charge in [-0.3, -0.25) is 9.89 Å². The summed E-state index contributed by atoms with van der Waals surface area (Å²) in [5.74, 6) is 1.04. The van der Waals surface area contributed by atoms with Crippen LogP contribution in [0.1, 0.15) is 13.3 Å². The molecule has 1 aromatic carbocycles. The Labute approximate surface area is 191 Å². The third-order valence-corrected chi connectivity index (χ3v) is 5.42. The second-order valence-electron chi connectivity index (χ2n) is 6.97. The smallest absolute Gasteiger partial charge is 0.194 e. The fourth-order valence-electron chi connectivity index (χ4n) is 3.60. The quantitative estimate of drug-likeness (QED) is 0.270. The summed E-state index contributed by atoms with van der Waals surface area (Å²) in [7, 11) is 0. The van der Waals surface area contributed by atoms with Crippen molar-refractivity contribution >= 4 is 47.2 Å². The molecule has 1 aromatic rings. The molecule has 2 aliphatic heterocycles. The summed E-state index contributed by atoms with van der Waals surface area (Å²) in [6.07, 6.45) is 1.09. The molecule has 2 fully saturated rings. The molecule has 8 heteroatoms. The van der Waals surface area contributed by atoms with Crippen LogP contribution in [0.4, 0.5) is 5.69 Å². The molecule has 0 radical (unpaired) electrons. The predicted molar refractivity (Wildman–Crippen MR) is 129 cm³/mol. The molecular formula is C20H33ClIN5O. The first kappa shape index (κ1) is 23.5. The summed E-state index contributed by atoms with van der Waals surface area (Å²) >= 11 is 6.35. The number of guanidine groups is 1. The molecule has 2 saturated heterocycles. The van der Waals surface area contributed by atoms with Gasteiger partial charge in [-0.15, -0.1) is 24.0 Å². The van der Waals surface area contributed by atoms with Gasteiger partial charge < -0.3 is 19.9 Å². The van der Waals surface area contributed by atoms with Crippen LogP contribution in [-0.4, -0.2) is 87.9 Å². The van der Waals surface area contributed by atoms with E-state index in [2.05, 4.69) is 33.0 Å². The molecule has 2 aliphatic rings. The molecule has 1 N–H and O–H groups in total. The number of piperazine rings is 1. The van der Waals surface area contributed by atoms with Gasteiger partial charge in [0, 0.05) is 58.9 Å². The third kappa shape index (κ3) is 6.93. The van der Waals surface area contributed by atoms with Crippen molar-refractivity contribution < 1.29 is 4.74 Å². The van der Waals surface area contributed by atoms with Gasteiger partial charge in [0.2, 0.25) is 0 Å². The van der Waals surface area contributed by atoms with E-state index in [0.29, 0.717) is 0 Å². The second kappa shape index (κ2) is 12.7. The van der Waals surface area contributed by atoms with Crippen molar-refractivity contribution in [2.24, 2.45) is 4.99 Å². The summed E-state index contributed by atoms with van der Waals surface area (Å²) in [6, 6.07) is 8.09. The van der Waals surface area contributed by atoms with Gasteiger partial charge in [-0.2, -0.15) is 0 Å².